The van der Waals surface area contributed by atoms with Crippen LogP contribution in [-0.4, -0.2) is 29.1 Å². The van der Waals surface area contributed by atoms with Crippen LogP contribution >= 0.6 is 0 Å². The zero-order valence-corrected chi connectivity index (χ0v) is 13.0. The van der Waals surface area contributed by atoms with Gasteiger partial charge < -0.3 is 9.84 Å². The number of aromatic nitrogens is 1. The van der Waals surface area contributed by atoms with Crippen molar-refractivity contribution in [3.8, 4) is 11.5 Å². The smallest absolute Gasteiger partial charge is 0.161 e. The number of hydrogen-bond acceptors (Lipinski definition) is 4. The molecule has 0 aliphatic carbocycles. The van der Waals surface area contributed by atoms with Crippen LogP contribution in [0.15, 0.2) is 36.7 Å². The van der Waals surface area contributed by atoms with Crippen molar-refractivity contribution in [3.05, 3.63) is 53.3 Å². The number of ether oxygens (including phenoxy) is 1. The molecule has 2 rings (SSSR count). The molecule has 21 heavy (non-hydrogen) atoms. The summed E-state index contributed by atoms with van der Waals surface area (Å²) in [5, 5.41) is 9.93. The van der Waals surface area contributed by atoms with Crippen molar-refractivity contribution in [3.63, 3.8) is 0 Å². The van der Waals surface area contributed by atoms with Crippen LogP contribution in [0.2, 0.25) is 0 Å². The van der Waals surface area contributed by atoms with Gasteiger partial charge in [0.2, 0.25) is 0 Å². The van der Waals surface area contributed by atoms with E-state index in [-0.39, 0.29) is 11.8 Å². The zero-order valence-electron chi connectivity index (χ0n) is 13.0. The summed E-state index contributed by atoms with van der Waals surface area (Å²) in [7, 11) is 3.65. The van der Waals surface area contributed by atoms with Crippen molar-refractivity contribution in [2.75, 3.05) is 14.2 Å². The van der Waals surface area contributed by atoms with Crippen LogP contribution in [0.5, 0.6) is 11.5 Å². The summed E-state index contributed by atoms with van der Waals surface area (Å²) in [4.78, 5) is 6.38. The molecule has 0 aliphatic heterocycles. The second-order valence-corrected chi connectivity index (χ2v) is 5.34. The molecule has 0 amide bonds. The Hall–Kier alpha value is -2.07. The monoisotopic (exact) mass is 286 g/mol. The molecule has 2 aromatic rings. The topological polar surface area (TPSA) is 45.6 Å². The Morgan fingerprint density at radius 1 is 1.38 bits per heavy atom. The van der Waals surface area contributed by atoms with Crippen molar-refractivity contribution in [1.82, 2.24) is 9.88 Å². The third kappa shape index (κ3) is 3.52. The average molecular weight is 286 g/mol. The number of nitrogens with zero attached hydrogens (tertiary/aromatic N) is 2. The minimum atomic E-state index is 0.207. The Labute approximate surface area is 126 Å². The van der Waals surface area contributed by atoms with E-state index >= 15 is 0 Å². The third-order valence-electron chi connectivity index (χ3n) is 3.81. The molecule has 1 unspecified atom stereocenters. The zero-order chi connectivity index (χ0) is 15.4. The predicted octanol–water partition coefficient (Wildman–Crippen LogP) is 3.30. The number of pyridine rings is 1. The highest BCUT2D eigenvalue weighted by Crippen LogP contribution is 2.34. The van der Waals surface area contributed by atoms with Crippen molar-refractivity contribution in [2.24, 2.45) is 0 Å². The highest BCUT2D eigenvalue weighted by atomic mass is 16.5. The van der Waals surface area contributed by atoms with Crippen molar-refractivity contribution in [1.29, 1.82) is 0 Å². The molecule has 0 aliphatic rings. The van der Waals surface area contributed by atoms with E-state index in [2.05, 4.69) is 29.9 Å². The van der Waals surface area contributed by atoms with Crippen LogP contribution in [0.3, 0.4) is 0 Å². The summed E-state index contributed by atoms with van der Waals surface area (Å²) in [6.07, 6.45) is 3.66. The fourth-order valence-electron chi connectivity index (χ4n) is 2.34. The minimum Gasteiger partial charge on any atom is -0.504 e. The number of phenols is 1. The lowest BCUT2D eigenvalue weighted by Crippen LogP contribution is -2.22. The van der Waals surface area contributed by atoms with E-state index in [0.717, 1.165) is 17.7 Å². The molecule has 0 radical (unpaired) electrons. The molecule has 1 heterocycles. The molecule has 0 saturated carbocycles. The van der Waals surface area contributed by atoms with Gasteiger partial charge in [-0.2, -0.15) is 0 Å². The van der Waals surface area contributed by atoms with Gasteiger partial charge >= 0.3 is 0 Å². The third-order valence-corrected chi connectivity index (χ3v) is 3.81. The molecule has 4 nitrogen and oxygen atoms in total. The van der Waals surface area contributed by atoms with Gasteiger partial charge in [-0.25, -0.2) is 0 Å². The fourth-order valence-corrected chi connectivity index (χ4v) is 2.34. The first-order chi connectivity index (χ1) is 10.0. The summed E-state index contributed by atoms with van der Waals surface area (Å²) in [6, 6.07) is 8.12. The number of aromatic hydroxyl groups is 1. The lowest BCUT2D eigenvalue weighted by atomic mass is 10.0. The van der Waals surface area contributed by atoms with Gasteiger partial charge in [-0.3, -0.25) is 9.88 Å². The van der Waals surface area contributed by atoms with Crippen LogP contribution in [-0.2, 0) is 6.54 Å². The molecule has 1 N–H and O–H groups in total. The molecule has 0 fully saturated rings. The molecule has 4 heteroatoms. The van der Waals surface area contributed by atoms with E-state index in [9.17, 15) is 5.11 Å². The molecule has 1 aromatic carbocycles. The van der Waals surface area contributed by atoms with Crippen LogP contribution in [0, 0.1) is 6.92 Å². The first-order valence-corrected chi connectivity index (χ1v) is 6.99. The lowest BCUT2D eigenvalue weighted by molar-refractivity contribution is 0.252. The summed E-state index contributed by atoms with van der Waals surface area (Å²) >= 11 is 0. The normalized spacial score (nSPS) is 12.4. The molecule has 0 bridgehead atoms. The summed E-state index contributed by atoms with van der Waals surface area (Å²) in [5.74, 6) is 0.731. The van der Waals surface area contributed by atoms with Gasteiger partial charge in [-0.1, -0.05) is 12.1 Å². The maximum atomic E-state index is 9.93. The molecule has 1 atom stereocenters. The van der Waals surface area contributed by atoms with Crippen molar-refractivity contribution < 1.29 is 9.84 Å². The number of benzene rings is 1. The van der Waals surface area contributed by atoms with E-state index in [1.807, 2.05) is 31.3 Å². The maximum absolute atomic E-state index is 9.93. The van der Waals surface area contributed by atoms with E-state index in [1.165, 1.54) is 5.56 Å². The molecular formula is C17H22N2O2. The second kappa shape index (κ2) is 6.59. The molecule has 112 valence electrons. The second-order valence-electron chi connectivity index (χ2n) is 5.34. The van der Waals surface area contributed by atoms with E-state index in [1.54, 1.807) is 13.3 Å². The molecule has 1 aromatic heterocycles. The van der Waals surface area contributed by atoms with Gasteiger partial charge in [0.1, 0.15) is 0 Å². The van der Waals surface area contributed by atoms with Crippen LogP contribution in [0.1, 0.15) is 29.7 Å². The molecule has 0 spiro atoms. The van der Waals surface area contributed by atoms with Crippen molar-refractivity contribution >= 4 is 0 Å². The highest BCUT2D eigenvalue weighted by Gasteiger charge is 2.16. The van der Waals surface area contributed by atoms with Gasteiger partial charge in [0.05, 0.1) is 7.11 Å². The van der Waals surface area contributed by atoms with Gasteiger partial charge in [0.15, 0.2) is 11.5 Å². The average Bonchev–Trinajstić information content (AvgIpc) is 2.50. The summed E-state index contributed by atoms with van der Waals surface area (Å²) in [6.45, 7) is 4.84. The fraction of sp³-hybridized carbons (Fsp3) is 0.353. The standard InChI is InChI=1S/C17H22N2O2/c1-12-8-15(9-16(21-4)17(12)20)13(2)19(3)11-14-6-5-7-18-10-14/h5-10,13,20H,11H2,1-4H3. The Bertz CT molecular complexity index is 599. The van der Waals surface area contributed by atoms with E-state index < -0.39 is 0 Å². The number of phenolic OH excluding ortho intramolecular Hbond substituents is 1. The van der Waals surface area contributed by atoms with Gasteiger partial charge in [-0.15, -0.1) is 0 Å². The lowest BCUT2D eigenvalue weighted by Gasteiger charge is -2.26. The van der Waals surface area contributed by atoms with E-state index in [0.29, 0.717) is 5.75 Å². The number of hydrogen-bond donors (Lipinski definition) is 1. The van der Waals surface area contributed by atoms with Gasteiger partial charge in [0, 0.05) is 25.0 Å². The summed E-state index contributed by atoms with van der Waals surface area (Å²) in [5.41, 5.74) is 3.12. The first-order valence-electron chi connectivity index (χ1n) is 6.99. The van der Waals surface area contributed by atoms with Crippen LogP contribution in [0.4, 0.5) is 0 Å². The largest absolute Gasteiger partial charge is 0.504 e. The summed E-state index contributed by atoms with van der Waals surface area (Å²) < 4.78 is 5.24. The Kier molecular flexibility index (Phi) is 4.81. The van der Waals surface area contributed by atoms with Crippen LogP contribution < -0.4 is 4.74 Å². The van der Waals surface area contributed by atoms with Crippen LogP contribution in [0.25, 0.3) is 0 Å². The molecule has 0 saturated heterocycles. The van der Waals surface area contributed by atoms with Crippen molar-refractivity contribution in [2.45, 2.75) is 26.4 Å². The number of aryl methyl sites for hydroxylation is 1. The Balaban J connectivity index is 2.19. The number of methoxy groups -OCH3 is 1. The van der Waals surface area contributed by atoms with E-state index in [4.69, 9.17) is 4.74 Å². The SMILES string of the molecule is COc1cc(C(C)N(C)Cc2cccnc2)cc(C)c1O. The van der Waals surface area contributed by atoms with Gasteiger partial charge in [0.25, 0.3) is 0 Å². The Morgan fingerprint density at radius 2 is 2.14 bits per heavy atom. The first kappa shape index (κ1) is 15.3. The highest BCUT2D eigenvalue weighted by molar-refractivity contribution is 5.48. The molecular weight excluding hydrogens is 264 g/mol. The van der Waals surface area contributed by atoms with Gasteiger partial charge in [-0.05, 0) is 49.7 Å². The number of rotatable bonds is 5. The Morgan fingerprint density at radius 3 is 2.76 bits per heavy atom. The maximum Gasteiger partial charge on any atom is 0.161 e. The predicted molar refractivity (Wildman–Crippen MR) is 83.5 cm³/mol. The quantitative estimate of drug-likeness (QED) is 0.916. The minimum absolute atomic E-state index is 0.207.